The number of fused-ring (bicyclic) bond motifs is 1. The van der Waals surface area contributed by atoms with Gasteiger partial charge in [-0.15, -0.1) is 0 Å². The first-order valence-electron chi connectivity index (χ1n) is 3.76. The summed E-state index contributed by atoms with van der Waals surface area (Å²) in [4.78, 5) is 0. The summed E-state index contributed by atoms with van der Waals surface area (Å²) in [5.74, 6) is -2.61. The van der Waals surface area contributed by atoms with Crippen LogP contribution in [0.5, 0.6) is 0 Å². The minimum Gasteiger partial charge on any atom is -0.201 e. The van der Waals surface area contributed by atoms with Crippen LogP contribution >= 0.6 is 15.9 Å². The van der Waals surface area contributed by atoms with E-state index in [2.05, 4.69) is 15.9 Å². The molecule has 0 N–H and O–H groups in total. The molecule has 0 saturated carbocycles. The van der Waals surface area contributed by atoms with Gasteiger partial charge in [-0.2, -0.15) is 0 Å². The lowest BCUT2D eigenvalue weighted by Crippen LogP contribution is -2.07. The zero-order valence-electron chi connectivity index (χ0n) is 6.28. The Morgan fingerprint density at radius 2 is 2.08 bits per heavy atom. The summed E-state index contributed by atoms with van der Waals surface area (Å²) in [6, 6.07) is 5.09. The Labute approximate surface area is 77.7 Å². The largest absolute Gasteiger partial charge is 0.273 e. The molecule has 1 aliphatic carbocycles. The van der Waals surface area contributed by atoms with E-state index in [0.717, 1.165) is 10.0 Å². The molecule has 1 aliphatic rings. The average Bonchev–Trinajstić information content (AvgIpc) is 2.28. The van der Waals surface area contributed by atoms with E-state index in [1.54, 1.807) is 12.1 Å². The van der Waals surface area contributed by atoms with Crippen molar-refractivity contribution < 1.29 is 8.78 Å². The van der Waals surface area contributed by atoms with Gasteiger partial charge in [0.1, 0.15) is 0 Å². The van der Waals surface area contributed by atoms with Crippen LogP contribution in [0, 0.1) is 0 Å². The smallest absolute Gasteiger partial charge is 0.201 e. The molecule has 3 heteroatoms. The first-order chi connectivity index (χ1) is 5.59. The quantitative estimate of drug-likeness (QED) is 0.643. The van der Waals surface area contributed by atoms with E-state index < -0.39 is 5.92 Å². The van der Waals surface area contributed by atoms with Crippen LogP contribution in [0.4, 0.5) is 8.78 Å². The highest BCUT2D eigenvalue weighted by atomic mass is 79.9. The van der Waals surface area contributed by atoms with Gasteiger partial charge in [0.25, 0.3) is 5.92 Å². The molecular weight excluding hydrogens is 226 g/mol. The van der Waals surface area contributed by atoms with Crippen molar-refractivity contribution in [3.63, 3.8) is 0 Å². The van der Waals surface area contributed by atoms with Crippen molar-refractivity contribution >= 4 is 15.9 Å². The fourth-order valence-corrected chi connectivity index (χ4v) is 1.89. The fraction of sp³-hybridized carbons (Fsp3) is 0.333. The summed E-state index contributed by atoms with van der Waals surface area (Å²) in [5.41, 5.74) is 0.972. The molecule has 0 aromatic heterocycles. The monoisotopic (exact) mass is 232 g/mol. The van der Waals surface area contributed by atoms with Gasteiger partial charge in [-0.05, 0) is 24.1 Å². The second-order valence-corrected chi connectivity index (χ2v) is 3.92. The van der Waals surface area contributed by atoms with Crippen LogP contribution in [-0.4, -0.2) is 0 Å². The van der Waals surface area contributed by atoms with Gasteiger partial charge in [0.05, 0.1) is 0 Å². The second-order valence-electron chi connectivity index (χ2n) is 3.01. The third-order valence-corrected chi connectivity index (χ3v) is 2.67. The molecule has 64 valence electrons. The van der Waals surface area contributed by atoms with Gasteiger partial charge in [0.2, 0.25) is 0 Å². The van der Waals surface area contributed by atoms with Crippen molar-refractivity contribution in [1.29, 1.82) is 0 Å². The Bertz CT molecular complexity index is 320. The molecule has 1 aromatic carbocycles. The zero-order valence-corrected chi connectivity index (χ0v) is 7.87. The van der Waals surface area contributed by atoms with Crippen LogP contribution in [-0.2, 0) is 12.3 Å². The van der Waals surface area contributed by atoms with E-state index >= 15 is 0 Å². The van der Waals surface area contributed by atoms with Crippen molar-refractivity contribution in [2.75, 3.05) is 0 Å². The molecule has 0 atom stereocenters. The molecule has 1 aromatic rings. The Kier molecular flexibility index (Phi) is 1.72. The number of hydrogen-bond donors (Lipinski definition) is 0. The van der Waals surface area contributed by atoms with E-state index in [9.17, 15) is 8.78 Å². The Balaban J connectivity index is 2.57. The topological polar surface area (TPSA) is 0 Å². The highest BCUT2D eigenvalue weighted by Gasteiger charge is 2.38. The first-order valence-corrected chi connectivity index (χ1v) is 4.56. The lowest BCUT2D eigenvalue weighted by molar-refractivity contribution is -0.00188. The van der Waals surface area contributed by atoms with Crippen molar-refractivity contribution in [3.05, 3.63) is 33.8 Å². The minimum absolute atomic E-state index is 0.0429. The summed E-state index contributed by atoms with van der Waals surface area (Å²) >= 11 is 3.18. The number of halogens is 3. The van der Waals surface area contributed by atoms with Crippen LogP contribution in [0.2, 0.25) is 0 Å². The number of aryl methyl sites for hydroxylation is 1. The van der Waals surface area contributed by atoms with Crippen molar-refractivity contribution in [2.24, 2.45) is 0 Å². The van der Waals surface area contributed by atoms with Gasteiger partial charge in [-0.3, -0.25) is 0 Å². The average molecular weight is 233 g/mol. The van der Waals surface area contributed by atoms with Gasteiger partial charge >= 0.3 is 0 Å². The maximum absolute atomic E-state index is 13.1. The Morgan fingerprint density at radius 3 is 2.83 bits per heavy atom. The highest BCUT2D eigenvalue weighted by Crippen LogP contribution is 2.42. The van der Waals surface area contributed by atoms with Crippen LogP contribution < -0.4 is 0 Å². The predicted octanol–water partition coefficient (Wildman–Crippen LogP) is 3.49. The van der Waals surface area contributed by atoms with Gasteiger partial charge in [0.15, 0.2) is 0 Å². The van der Waals surface area contributed by atoms with Crippen molar-refractivity contribution in [3.8, 4) is 0 Å². The molecule has 12 heavy (non-hydrogen) atoms. The van der Waals surface area contributed by atoms with Crippen molar-refractivity contribution in [2.45, 2.75) is 18.8 Å². The molecule has 0 aliphatic heterocycles. The van der Waals surface area contributed by atoms with E-state index in [1.165, 1.54) is 6.07 Å². The van der Waals surface area contributed by atoms with E-state index in [1.807, 2.05) is 0 Å². The van der Waals surface area contributed by atoms with E-state index in [-0.39, 0.29) is 12.0 Å². The van der Waals surface area contributed by atoms with E-state index in [0.29, 0.717) is 6.42 Å². The maximum atomic E-state index is 13.1. The van der Waals surface area contributed by atoms with Crippen LogP contribution in [0.3, 0.4) is 0 Å². The molecule has 0 radical (unpaired) electrons. The lowest BCUT2D eigenvalue weighted by Gasteiger charge is -2.09. The summed E-state index contributed by atoms with van der Waals surface area (Å²) in [5, 5.41) is 0. The summed E-state index contributed by atoms with van der Waals surface area (Å²) in [6.07, 6.45) is 0.453. The first kappa shape index (κ1) is 8.17. The molecular formula is C9H7BrF2. The number of rotatable bonds is 0. The van der Waals surface area contributed by atoms with Gasteiger partial charge in [-0.25, -0.2) is 8.78 Å². The molecule has 0 amide bonds. The SMILES string of the molecule is FC1(F)CCc2ccc(Br)cc21. The molecule has 0 fully saturated rings. The minimum atomic E-state index is -2.61. The predicted molar refractivity (Wildman–Crippen MR) is 46.4 cm³/mol. The van der Waals surface area contributed by atoms with Crippen molar-refractivity contribution in [1.82, 2.24) is 0 Å². The second kappa shape index (κ2) is 2.52. The molecule has 2 rings (SSSR count). The fourth-order valence-electron chi connectivity index (χ4n) is 1.53. The van der Waals surface area contributed by atoms with Crippen LogP contribution in [0.25, 0.3) is 0 Å². The lowest BCUT2D eigenvalue weighted by atomic mass is 10.1. The molecule has 0 bridgehead atoms. The summed E-state index contributed by atoms with van der Waals surface area (Å²) in [7, 11) is 0. The molecule has 0 heterocycles. The third-order valence-electron chi connectivity index (χ3n) is 2.17. The summed E-state index contributed by atoms with van der Waals surface area (Å²) < 4.78 is 26.9. The Morgan fingerprint density at radius 1 is 1.33 bits per heavy atom. The Hall–Kier alpha value is -0.440. The maximum Gasteiger partial charge on any atom is 0.273 e. The standard InChI is InChI=1S/C9H7BrF2/c10-7-2-1-6-3-4-9(11,12)8(6)5-7/h1-2,5H,3-4H2. The van der Waals surface area contributed by atoms with Gasteiger partial charge in [-0.1, -0.05) is 22.0 Å². The summed E-state index contributed by atoms with van der Waals surface area (Å²) in [6.45, 7) is 0. The third kappa shape index (κ3) is 1.16. The molecule has 0 unspecified atom stereocenters. The molecule has 0 nitrogen and oxygen atoms in total. The number of benzene rings is 1. The molecule has 0 saturated heterocycles. The van der Waals surface area contributed by atoms with Crippen LogP contribution in [0.1, 0.15) is 17.5 Å². The van der Waals surface area contributed by atoms with Crippen LogP contribution in [0.15, 0.2) is 22.7 Å². The normalized spacial score (nSPS) is 19.2. The van der Waals surface area contributed by atoms with E-state index in [4.69, 9.17) is 0 Å². The number of alkyl halides is 2. The van der Waals surface area contributed by atoms with Gasteiger partial charge < -0.3 is 0 Å². The highest BCUT2D eigenvalue weighted by molar-refractivity contribution is 9.10. The number of hydrogen-bond acceptors (Lipinski definition) is 0. The zero-order chi connectivity index (χ0) is 8.77. The molecule has 0 spiro atoms. The van der Waals surface area contributed by atoms with Gasteiger partial charge in [0, 0.05) is 16.5 Å².